The Morgan fingerprint density at radius 1 is 1.24 bits per heavy atom. The van der Waals surface area contributed by atoms with E-state index in [2.05, 4.69) is 39.0 Å². The lowest BCUT2D eigenvalue weighted by Gasteiger charge is -2.41. The normalized spacial score (nSPS) is 32.6. The summed E-state index contributed by atoms with van der Waals surface area (Å²) in [6, 6.07) is 6.58. The molecule has 0 bridgehead atoms. The Balaban J connectivity index is 1.82. The maximum atomic E-state index is 6.51. The first-order valence-electron chi connectivity index (χ1n) is 8.54. The third-order valence-electron chi connectivity index (χ3n) is 5.60. The van der Waals surface area contributed by atoms with E-state index in [1.807, 2.05) is 0 Å². The molecule has 1 saturated carbocycles. The van der Waals surface area contributed by atoms with Crippen molar-refractivity contribution < 1.29 is 4.74 Å². The van der Waals surface area contributed by atoms with Gasteiger partial charge < -0.3 is 10.5 Å². The molecule has 21 heavy (non-hydrogen) atoms. The molecule has 1 aliphatic carbocycles. The van der Waals surface area contributed by atoms with E-state index in [9.17, 15) is 0 Å². The fourth-order valence-corrected chi connectivity index (χ4v) is 4.21. The number of ether oxygens (including phenoxy) is 1. The van der Waals surface area contributed by atoms with Crippen molar-refractivity contribution in [1.29, 1.82) is 0 Å². The quantitative estimate of drug-likeness (QED) is 0.808. The van der Waals surface area contributed by atoms with E-state index in [1.54, 1.807) is 0 Å². The van der Waals surface area contributed by atoms with Crippen LogP contribution in [0, 0.1) is 18.8 Å². The number of hydrogen-bond acceptors (Lipinski definition) is 2. The first-order valence-corrected chi connectivity index (χ1v) is 8.54. The third-order valence-corrected chi connectivity index (χ3v) is 5.60. The Labute approximate surface area is 129 Å². The third kappa shape index (κ3) is 2.96. The standard InChI is InChI=1S/C19H29NO/c1-13(2)15-5-4-9-19(10-8-15)12-17(20)16-11-14(3)6-7-18(16)21-19/h6-7,11,13,15,17H,4-5,8-10,12,20H2,1-3H3/t15?,17-,19?/m0/s1. The van der Waals surface area contributed by atoms with E-state index in [4.69, 9.17) is 10.5 Å². The number of rotatable bonds is 1. The zero-order chi connectivity index (χ0) is 15.0. The summed E-state index contributed by atoms with van der Waals surface area (Å²) in [5.74, 6) is 2.67. The lowest BCUT2D eigenvalue weighted by atomic mass is 9.81. The molecule has 1 aliphatic heterocycles. The number of aryl methyl sites for hydroxylation is 1. The molecular formula is C19H29NO. The van der Waals surface area contributed by atoms with Gasteiger partial charge in [-0.15, -0.1) is 0 Å². The summed E-state index contributed by atoms with van der Waals surface area (Å²) in [6.07, 6.45) is 7.21. The Bertz CT molecular complexity index is 510. The minimum atomic E-state index is -0.00862. The molecule has 0 saturated heterocycles. The van der Waals surface area contributed by atoms with E-state index >= 15 is 0 Å². The number of hydrogen-bond donors (Lipinski definition) is 1. The highest BCUT2D eigenvalue weighted by Crippen LogP contribution is 2.46. The van der Waals surface area contributed by atoms with Crippen molar-refractivity contribution >= 4 is 0 Å². The zero-order valence-corrected chi connectivity index (χ0v) is 13.7. The average Bonchev–Trinajstić information content (AvgIpc) is 2.63. The molecule has 2 N–H and O–H groups in total. The summed E-state index contributed by atoms with van der Waals surface area (Å²) >= 11 is 0. The molecule has 0 radical (unpaired) electrons. The predicted molar refractivity (Wildman–Crippen MR) is 87.5 cm³/mol. The molecule has 116 valence electrons. The lowest BCUT2D eigenvalue weighted by Crippen LogP contribution is -2.42. The Kier molecular flexibility index (Phi) is 4.00. The van der Waals surface area contributed by atoms with Crippen LogP contribution in [0.2, 0.25) is 0 Å². The fourth-order valence-electron chi connectivity index (χ4n) is 4.21. The van der Waals surface area contributed by atoms with Crippen molar-refractivity contribution in [2.45, 2.75) is 70.9 Å². The van der Waals surface area contributed by atoms with Gasteiger partial charge >= 0.3 is 0 Å². The van der Waals surface area contributed by atoms with Gasteiger partial charge in [0, 0.05) is 18.0 Å². The van der Waals surface area contributed by atoms with Gasteiger partial charge in [-0.05, 0) is 50.5 Å². The van der Waals surface area contributed by atoms with Gasteiger partial charge in [0.05, 0.1) is 0 Å². The highest BCUT2D eigenvalue weighted by Gasteiger charge is 2.41. The molecule has 2 aliphatic rings. The monoisotopic (exact) mass is 287 g/mol. The van der Waals surface area contributed by atoms with Crippen molar-refractivity contribution in [3.63, 3.8) is 0 Å². The topological polar surface area (TPSA) is 35.2 Å². The molecule has 0 aromatic heterocycles. The first kappa shape index (κ1) is 14.9. The largest absolute Gasteiger partial charge is 0.487 e. The van der Waals surface area contributed by atoms with Gasteiger partial charge in [-0.2, -0.15) is 0 Å². The van der Waals surface area contributed by atoms with Crippen LogP contribution in [0.5, 0.6) is 5.75 Å². The van der Waals surface area contributed by atoms with E-state index in [-0.39, 0.29) is 11.6 Å². The highest BCUT2D eigenvalue weighted by molar-refractivity contribution is 5.41. The summed E-state index contributed by atoms with van der Waals surface area (Å²) < 4.78 is 6.51. The van der Waals surface area contributed by atoms with Crippen molar-refractivity contribution in [2.24, 2.45) is 17.6 Å². The minimum absolute atomic E-state index is 0.00862. The summed E-state index contributed by atoms with van der Waals surface area (Å²) in [7, 11) is 0. The minimum Gasteiger partial charge on any atom is -0.487 e. The Hall–Kier alpha value is -1.02. The lowest BCUT2D eigenvalue weighted by molar-refractivity contribution is 0.0198. The van der Waals surface area contributed by atoms with Crippen molar-refractivity contribution in [3.8, 4) is 5.75 Å². The van der Waals surface area contributed by atoms with Crippen LogP contribution in [-0.2, 0) is 0 Å². The van der Waals surface area contributed by atoms with Crippen LogP contribution in [0.25, 0.3) is 0 Å². The van der Waals surface area contributed by atoms with Gasteiger partial charge in [-0.25, -0.2) is 0 Å². The molecule has 1 fully saturated rings. The van der Waals surface area contributed by atoms with E-state index < -0.39 is 0 Å². The van der Waals surface area contributed by atoms with Crippen LogP contribution in [0.1, 0.15) is 69.5 Å². The van der Waals surface area contributed by atoms with Crippen LogP contribution in [0.15, 0.2) is 18.2 Å². The average molecular weight is 287 g/mol. The van der Waals surface area contributed by atoms with E-state index in [0.29, 0.717) is 0 Å². The summed E-state index contributed by atoms with van der Waals surface area (Å²) in [5, 5.41) is 0. The summed E-state index contributed by atoms with van der Waals surface area (Å²) in [6.45, 7) is 6.83. The molecule has 1 spiro atoms. The molecular weight excluding hydrogens is 258 g/mol. The van der Waals surface area contributed by atoms with E-state index in [0.717, 1.165) is 36.8 Å². The van der Waals surface area contributed by atoms with Crippen molar-refractivity contribution in [2.75, 3.05) is 0 Å². The summed E-state index contributed by atoms with van der Waals surface area (Å²) in [4.78, 5) is 0. The molecule has 1 aromatic carbocycles. The van der Waals surface area contributed by atoms with Gasteiger partial charge in [0.15, 0.2) is 0 Å². The number of benzene rings is 1. The zero-order valence-electron chi connectivity index (χ0n) is 13.7. The van der Waals surface area contributed by atoms with Gasteiger partial charge in [0.2, 0.25) is 0 Å². The van der Waals surface area contributed by atoms with Gasteiger partial charge in [-0.1, -0.05) is 38.0 Å². The van der Waals surface area contributed by atoms with Crippen molar-refractivity contribution in [1.82, 2.24) is 0 Å². The van der Waals surface area contributed by atoms with Crippen LogP contribution < -0.4 is 10.5 Å². The van der Waals surface area contributed by atoms with Crippen LogP contribution in [0.4, 0.5) is 0 Å². The van der Waals surface area contributed by atoms with Gasteiger partial charge in [0.25, 0.3) is 0 Å². The van der Waals surface area contributed by atoms with Gasteiger partial charge in [0.1, 0.15) is 11.4 Å². The molecule has 3 atom stereocenters. The second kappa shape index (κ2) is 5.64. The molecule has 0 amide bonds. The highest BCUT2D eigenvalue weighted by atomic mass is 16.5. The Morgan fingerprint density at radius 3 is 2.81 bits per heavy atom. The molecule has 1 heterocycles. The molecule has 3 rings (SSSR count). The summed E-state index contributed by atoms with van der Waals surface area (Å²) in [5.41, 5.74) is 8.94. The smallest absolute Gasteiger partial charge is 0.124 e. The Morgan fingerprint density at radius 2 is 2.05 bits per heavy atom. The van der Waals surface area contributed by atoms with Crippen molar-refractivity contribution in [3.05, 3.63) is 29.3 Å². The first-order chi connectivity index (χ1) is 9.99. The van der Waals surface area contributed by atoms with Crippen LogP contribution in [-0.4, -0.2) is 5.60 Å². The molecule has 1 aromatic rings. The fraction of sp³-hybridized carbons (Fsp3) is 0.684. The molecule has 2 heteroatoms. The molecule has 2 nitrogen and oxygen atoms in total. The van der Waals surface area contributed by atoms with E-state index in [1.165, 1.54) is 30.4 Å². The van der Waals surface area contributed by atoms with Crippen LogP contribution >= 0.6 is 0 Å². The SMILES string of the molecule is Cc1ccc2c(c1)[C@@H](N)CC1(CCCC(C(C)C)CC1)O2. The maximum absolute atomic E-state index is 6.51. The predicted octanol–water partition coefficient (Wildman–Crippen LogP) is 4.75. The maximum Gasteiger partial charge on any atom is 0.124 e. The van der Waals surface area contributed by atoms with Gasteiger partial charge in [-0.3, -0.25) is 0 Å². The van der Waals surface area contributed by atoms with Crippen LogP contribution in [0.3, 0.4) is 0 Å². The number of fused-ring (bicyclic) bond motifs is 1. The second-order valence-electron chi connectivity index (χ2n) is 7.57. The molecule has 2 unspecified atom stereocenters. The number of nitrogens with two attached hydrogens (primary N) is 1. The second-order valence-corrected chi connectivity index (χ2v) is 7.57.